The molecular formula is C14H25NO. The molecule has 0 radical (unpaired) electrons. The second kappa shape index (κ2) is 5.70. The molecule has 1 N–H and O–H groups in total. The zero-order valence-corrected chi connectivity index (χ0v) is 10.4. The Labute approximate surface area is 99.2 Å². The van der Waals surface area contributed by atoms with Gasteiger partial charge in [-0.15, -0.1) is 0 Å². The minimum atomic E-state index is 0.0321. The molecule has 1 saturated heterocycles. The van der Waals surface area contributed by atoms with Gasteiger partial charge in [-0.05, 0) is 25.7 Å². The number of rotatable bonds is 0. The summed E-state index contributed by atoms with van der Waals surface area (Å²) >= 11 is 0. The molecule has 0 atom stereocenters. The van der Waals surface area contributed by atoms with Gasteiger partial charge in [0.25, 0.3) is 0 Å². The summed E-state index contributed by atoms with van der Waals surface area (Å²) in [5.74, 6) is 0.368. The summed E-state index contributed by atoms with van der Waals surface area (Å²) in [6.07, 6.45) is 13.7. The van der Waals surface area contributed by atoms with Gasteiger partial charge in [0.15, 0.2) is 0 Å². The minimum absolute atomic E-state index is 0.0321. The molecule has 92 valence electrons. The van der Waals surface area contributed by atoms with Gasteiger partial charge in [-0.1, -0.05) is 44.9 Å². The Morgan fingerprint density at radius 3 is 1.94 bits per heavy atom. The van der Waals surface area contributed by atoms with Crippen LogP contribution in [0.3, 0.4) is 0 Å². The Balaban J connectivity index is 1.97. The average Bonchev–Trinajstić information content (AvgIpc) is 2.74. The Kier molecular flexibility index (Phi) is 4.25. The summed E-state index contributed by atoms with van der Waals surface area (Å²) in [5, 5.41) is 3.17. The lowest BCUT2D eigenvalue weighted by atomic mass is 9.80. The molecule has 0 aromatic heterocycles. The molecule has 1 saturated carbocycles. The molecule has 1 aliphatic heterocycles. The van der Waals surface area contributed by atoms with Crippen molar-refractivity contribution in [3.63, 3.8) is 0 Å². The predicted octanol–water partition coefficient (Wildman–Crippen LogP) is 3.41. The van der Waals surface area contributed by atoms with E-state index in [1.165, 1.54) is 51.4 Å². The van der Waals surface area contributed by atoms with E-state index in [4.69, 9.17) is 0 Å². The van der Waals surface area contributed by atoms with Crippen LogP contribution in [0, 0.1) is 5.41 Å². The van der Waals surface area contributed by atoms with Crippen molar-refractivity contribution in [2.24, 2.45) is 5.41 Å². The van der Waals surface area contributed by atoms with Crippen LogP contribution in [-0.4, -0.2) is 12.5 Å². The molecule has 2 aliphatic rings. The van der Waals surface area contributed by atoms with E-state index in [1.54, 1.807) is 0 Å². The van der Waals surface area contributed by atoms with Crippen LogP contribution in [-0.2, 0) is 4.79 Å². The second-order valence-corrected chi connectivity index (χ2v) is 5.61. The largest absolute Gasteiger partial charge is 0.356 e. The lowest BCUT2D eigenvalue weighted by molar-refractivity contribution is -0.131. The maximum Gasteiger partial charge on any atom is 0.226 e. The normalized spacial score (nSPS) is 27.4. The topological polar surface area (TPSA) is 29.1 Å². The molecule has 0 bridgehead atoms. The summed E-state index contributed by atoms with van der Waals surface area (Å²) in [5.41, 5.74) is 0.0321. The Morgan fingerprint density at radius 1 is 0.750 bits per heavy atom. The lowest BCUT2D eigenvalue weighted by Gasteiger charge is -2.27. The lowest BCUT2D eigenvalue weighted by Crippen LogP contribution is -2.39. The number of nitrogens with one attached hydrogen (secondary N) is 1. The van der Waals surface area contributed by atoms with Gasteiger partial charge in [0.1, 0.15) is 0 Å². The van der Waals surface area contributed by atoms with Crippen LogP contribution in [0.1, 0.15) is 70.6 Å². The van der Waals surface area contributed by atoms with Gasteiger partial charge < -0.3 is 5.32 Å². The molecule has 1 aliphatic carbocycles. The summed E-state index contributed by atoms with van der Waals surface area (Å²) < 4.78 is 0. The summed E-state index contributed by atoms with van der Waals surface area (Å²) in [6, 6.07) is 0. The van der Waals surface area contributed by atoms with Gasteiger partial charge >= 0.3 is 0 Å². The number of hydrogen-bond donors (Lipinski definition) is 1. The van der Waals surface area contributed by atoms with Crippen molar-refractivity contribution in [2.75, 3.05) is 6.54 Å². The van der Waals surface area contributed by atoms with Crippen LogP contribution in [0.5, 0.6) is 0 Å². The van der Waals surface area contributed by atoms with E-state index in [-0.39, 0.29) is 5.41 Å². The molecular weight excluding hydrogens is 198 g/mol. The monoisotopic (exact) mass is 223 g/mol. The van der Waals surface area contributed by atoms with E-state index in [0.717, 1.165) is 25.8 Å². The zero-order chi connectivity index (χ0) is 11.3. The van der Waals surface area contributed by atoms with Crippen LogP contribution in [0.2, 0.25) is 0 Å². The van der Waals surface area contributed by atoms with E-state index >= 15 is 0 Å². The molecule has 0 unspecified atom stereocenters. The smallest absolute Gasteiger partial charge is 0.226 e. The summed E-state index contributed by atoms with van der Waals surface area (Å²) in [6.45, 7) is 0.903. The Morgan fingerprint density at radius 2 is 1.25 bits per heavy atom. The predicted molar refractivity (Wildman–Crippen MR) is 66.2 cm³/mol. The van der Waals surface area contributed by atoms with Gasteiger partial charge in [0, 0.05) is 12.0 Å². The molecule has 2 fully saturated rings. The highest BCUT2D eigenvalue weighted by Gasteiger charge is 2.40. The van der Waals surface area contributed by atoms with E-state index < -0.39 is 0 Å². The van der Waals surface area contributed by atoms with Crippen molar-refractivity contribution in [2.45, 2.75) is 70.6 Å². The van der Waals surface area contributed by atoms with Crippen LogP contribution in [0.25, 0.3) is 0 Å². The molecule has 1 spiro atoms. The van der Waals surface area contributed by atoms with Crippen LogP contribution < -0.4 is 5.32 Å². The van der Waals surface area contributed by atoms with Crippen molar-refractivity contribution < 1.29 is 4.79 Å². The molecule has 1 amide bonds. The first-order chi connectivity index (χ1) is 7.83. The molecule has 2 nitrogen and oxygen atoms in total. The van der Waals surface area contributed by atoms with Crippen LogP contribution in [0.15, 0.2) is 0 Å². The SMILES string of the molecule is O=C1NCCCCCCCCC12CCCC2. The number of carbonyl (C=O) groups excluding carboxylic acids is 1. The number of carbonyl (C=O) groups is 1. The molecule has 2 heteroatoms. The second-order valence-electron chi connectivity index (χ2n) is 5.61. The third-order valence-corrected chi connectivity index (χ3v) is 4.41. The quantitative estimate of drug-likeness (QED) is 0.670. The molecule has 0 aromatic rings. The van der Waals surface area contributed by atoms with E-state index in [9.17, 15) is 4.79 Å². The van der Waals surface area contributed by atoms with E-state index in [0.29, 0.717) is 5.91 Å². The van der Waals surface area contributed by atoms with Gasteiger partial charge in [-0.3, -0.25) is 4.79 Å². The summed E-state index contributed by atoms with van der Waals surface area (Å²) in [7, 11) is 0. The Bertz CT molecular complexity index is 231. The third-order valence-electron chi connectivity index (χ3n) is 4.41. The maximum atomic E-state index is 12.3. The summed E-state index contributed by atoms with van der Waals surface area (Å²) in [4.78, 5) is 12.3. The van der Waals surface area contributed by atoms with Gasteiger partial charge in [-0.25, -0.2) is 0 Å². The number of amides is 1. The van der Waals surface area contributed by atoms with Crippen molar-refractivity contribution in [3.8, 4) is 0 Å². The minimum Gasteiger partial charge on any atom is -0.356 e. The van der Waals surface area contributed by atoms with E-state index in [2.05, 4.69) is 5.32 Å². The first-order valence-corrected chi connectivity index (χ1v) is 7.12. The fourth-order valence-corrected chi connectivity index (χ4v) is 3.33. The molecule has 16 heavy (non-hydrogen) atoms. The van der Waals surface area contributed by atoms with E-state index in [1.807, 2.05) is 0 Å². The van der Waals surface area contributed by atoms with Crippen LogP contribution in [0.4, 0.5) is 0 Å². The van der Waals surface area contributed by atoms with Crippen molar-refractivity contribution >= 4 is 5.91 Å². The van der Waals surface area contributed by atoms with Crippen molar-refractivity contribution in [1.82, 2.24) is 5.32 Å². The molecule has 2 rings (SSSR count). The highest BCUT2D eigenvalue weighted by Crippen LogP contribution is 2.42. The van der Waals surface area contributed by atoms with Crippen LogP contribution >= 0.6 is 0 Å². The van der Waals surface area contributed by atoms with Gasteiger partial charge in [0.2, 0.25) is 5.91 Å². The molecule has 0 aromatic carbocycles. The fraction of sp³-hybridized carbons (Fsp3) is 0.929. The fourth-order valence-electron chi connectivity index (χ4n) is 3.33. The zero-order valence-electron chi connectivity index (χ0n) is 10.4. The first-order valence-electron chi connectivity index (χ1n) is 7.12. The van der Waals surface area contributed by atoms with Crippen molar-refractivity contribution in [1.29, 1.82) is 0 Å². The van der Waals surface area contributed by atoms with Crippen molar-refractivity contribution in [3.05, 3.63) is 0 Å². The molecule has 1 heterocycles. The average molecular weight is 223 g/mol. The maximum absolute atomic E-state index is 12.3. The highest BCUT2D eigenvalue weighted by atomic mass is 16.2. The first kappa shape index (κ1) is 11.9. The Hall–Kier alpha value is -0.530. The number of hydrogen-bond acceptors (Lipinski definition) is 1. The third kappa shape index (κ3) is 2.78. The highest BCUT2D eigenvalue weighted by molar-refractivity contribution is 5.82. The van der Waals surface area contributed by atoms with Gasteiger partial charge in [0.05, 0.1) is 0 Å². The standard InChI is InChI=1S/C14H25NO/c16-13-14(10-6-7-11-14)9-5-3-1-2-4-8-12-15-13/h1-12H2,(H,15,16). The van der Waals surface area contributed by atoms with Gasteiger partial charge in [-0.2, -0.15) is 0 Å².